The Kier molecular flexibility index (Phi) is 4.20. The first-order chi connectivity index (χ1) is 12.1. The molecule has 0 aliphatic carbocycles. The van der Waals surface area contributed by atoms with E-state index in [1.165, 1.54) is 12.1 Å². The number of aromatic nitrogens is 5. The minimum Gasteiger partial charge on any atom is -0.465 e. The molecule has 26 heavy (non-hydrogen) atoms. The summed E-state index contributed by atoms with van der Waals surface area (Å²) in [4.78, 5) is 7.67. The largest absolute Gasteiger partial charge is 0.465 e. The molecule has 0 saturated carbocycles. The Bertz CT molecular complexity index is 918. The van der Waals surface area contributed by atoms with Gasteiger partial charge in [-0.25, -0.2) is 4.98 Å². The number of alkyl halides is 6. The molecule has 0 fully saturated rings. The third-order valence-corrected chi connectivity index (χ3v) is 3.34. The molecule has 0 bridgehead atoms. The summed E-state index contributed by atoms with van der Waals surface area (Å²) in [5.41, 5.74) is 0.277. The van der Waals surface area contributed by atoms with Gasteiger partial charge in [0, 0.05) is 24.0 Å². The molecule has 3 heterocycles. The third-order valence-electron chi connectivity index (χ3n) is 3.34. The average molecular weight is 377 g/mol. The van der Waals surface area contributed by atoms with E-state index in [1.54, 1.807) is 0 Å². The van der Waals surface area contributed by atoms with Crippen LogP contribution in [0.25, 0.3) is 16.9 Å². The molecule has 0 N–H and O–H groups in total. The second-order valence-electron chi connectivity index (χ2n) is 5.21. The first kappa shape index (κ1) is 17.9. The second-order valence-corrected chi connectivity index (χ2v) is 5.21. The van der Waals surface area contributed by atoms with Crippen LogP contribution in [-0.2, 0) is 6.18 Å². The van der Waals surface area contributed by atoms with Gasteiger partial charge in [-0.05, 0) is 13.0 Å². The van der Waals surface area contributed by atoms with Crippen molar-refractivity contribution in [3.8, 4) is 17.1 Å². The Balaban J connectivity index is 1.90. The van der Waals surface area contributed by atoms with Crippen LogP contribution >= 0.6 is 0 Å². The molecule has 1 atom stereocenters. The third kappa shape index (κ3) is 3.53. The van der Waals surface area contributed by atoms with Gasteiger partial charge in [0.05, 0.1) is 11.9 Å². The summed E-state index contributed by atoms with van der Waals surface area (Å²) >= 11 is 0. The Morgan fingerprint density at radius 1 is 1.00 bits per heavy atom. The average Bonchev–Trinajstić information content (AvgIpc) is 2.98. The highest BCUT2D eigenvalue weighted by Gasteiger charge is 2.38. The van der Waals surface area contributed by atoms with E-state index in [9.17, 15) is 26.3 Å². The lowest BCUT2D eigenvalue weighted by Gasteiger charge is -2.16. The van der Waals surface area contributed by atoms with Crippen molar-refractivity contribution < 1.29 is 31.1 Å². The van der Waals surface area contributed by atoms with E-state index < -0.39 is 24.3 Å². The smallest absolute Gasteiger partial charge is 0.452 e. The van der Waals surface area contributed by atoms with Crippen molar-refractivity contribution in [1.29, 1.82) is 0 Å². The summed E-state index contributed by atoms with van der Waals surface area (Å²) < 4.78 is 81.4. The minimum atomic E-state index is -4.71. The van der Waals surface area contributed by atoms with Crippen LogP contribution in [0.4, 0.5) is 26.3 Å². The number of halogens is 6. The number of ether oxygens (including phenoxy) is 1. The maximum absolute atomic E-state index is 12.9. The second kappa shape index (κ2) is 6.11. The van der Waals surface area contributed by atoms with E-state index in [1.807, 2.05) is 0 Å². The van der Waals surface area contributed by atoms with Crippen molar-refractivity contribution in [1.82, 2.24) is 24.6 Å². The highest BCUT2D eigenvalue weighted by Crippen LogP contribution is 2.29. The zero-order valence-electron chi connectivity index (χ0n) is 12.9. The van der Waals surface area contributed by atoms with E-state index in [2.05, 4.69) is 24.9 Å². The highest BCUT2D eigenvalue weighted by molar-refractivity contribution is 5.59. The molecule has 0 aliphatic heterocycles. The zero-order valence-corrected chi connectivity index (χ0v) is 12.9. The van der Waals surface area contributed by atoms with Gasteiger partial charge in [-0.3, -0.25) is 9.38 Å². The molecular formula is C14H9F6N5O. The maximum Gasteiger partial charge on any atom is 0.452 e. The van der Waals surface area contributed by atoms with Gasteiger partial charge in [0.1, 0.15) is 0 Å². The van der Waals surface area contributed by atoms with Gasteiger partial charge < -0.3 is 4.74 Å². The first-order valence-electron chi connectivity index (χ1n) is 7.03. The standard InChI is InChI=1S/C14H9F6N5O/c1-7(13(15,16)17)26-11-3-2-8(4-22-11)9-6-25-10(5-21-9)23-24-12(25)14(18,19)20/h2-7H,1H3/t7-/m1/s1. The van der Waals surface area contributed by atoms with Crippen LogP contribution in [-0.4, -0.2) is 36.8 Å². The van der Waals surface area contributed by atoms with Gasteiger partial charge in [0.25, 0.3) is 0 Å². The van der Waals surface area contributed by atoms with Crippen LogP contribution in [0.2, 0.25) is 0 Å². The first-order valence-corrected chi connectivity index (χ1v) is 7.03. The molecule has 0 spiro atoms. The normalized spacial score (nSPS) is 13.8. The van der Waals surface area contributed by atoms with Crippen molar-refractivity contribution in [3.63, 3.8) is 0 Å². The monoisotopic (exact) mass is 377 g/mol. The molecule has 0 aromatic carbocycles. The number of hydrogen-bond donors (Lipinski definition) is 0. The number of nitrogens with zero attached hydrogens (tertiary/aromatic N) is 5. The molecule has 3 aromatic heterocycles. The van der Waals surface area contributed by atoms with Crippen molar-refractivity contribution >= 4 is 5.65 Å². The molecule has 138 valence electrons. The fourth-order valence-electron chi connectivity index (χ4n) is 1.99. The van der Waals surface area contributed by atoms with Crippen LogP contribution in [0.5, 0.6) is 5.88 Å². The molecule has 0 saturated heterocycles. The van der Waals surface area contributed by atoms with Gasteiger partial charge in [0.15, 0.2) is 11.8 Å². The zero-order chi connectivity index (χ0) is 19.1. The lowest BCUT2D eigenvalue weighted by molar-refractivity contribution is -0.189. The quantitative estimate of drug-likeness (QED) is 0.654. The molecule has 3 aromatic rings. The van der Waals surface area contributed by atoms with Gasteiger partial charge in [-0.1, -0.05) is 0 Å². The van der Waals surface area contributed by atoms with Gasteiger partial charge in [-0.2, -0.15) is 26.3 Å². The Labute approximate surface area is 141 Å². The number of fused-ring (bicyclic) bond motifs is 1. The Morgan fingerprint density at radius 3 is 2.31 bits per heavy atom. The summed E-state index contributed by atoms with van der Waals surface area (Å²) in [5, 5.41) is 6.45. The topological polar surface area (TPSA) is 65.2 Å². The molecule has 0 radical (unpaired) electrons. The van der Waals surface area contributed by atoms with E-state index >= 15 is 0 Å². The highest BCUT2D eigenvalue weighted by atomic mass is 19.4. The van der Waals surface area contributed by atoms with Gasteiger partial charge >= 0.3 is 12.4 Å². The lowest BCUT2D eigenvalue weighted by Crippen LogP contribution is -2.31. The SMILES string of the molecule is C[C@@H](Oc1ccc(-c2cn3c(C(F)(F)F)nnc3cn2)cn1)C(F)(F)F. The molecule has 12 heteroatoms. The predicted molar refractivity (Wildman–Crippen MR) is 75.2 cm³/mol. The number of pyridine rings is 1. The Morgan fingerprint density at radius 2 is 1.73 bits per heavy atom. The Hall–Kier alpha value is -2.92. The van der Waals surface area contributed by atoms with E-state index in [-0.39, 0.29) is 22.8 Å². The van der Waals surface area contributed by atoms with E-state index in [0.717, 1.165) is 29.9 Å². The van der Waals surface area contributed by atoms with Crippen LogP contribution < -0.4 is 4.74 Å². The van der Waals surface area contributed by atoms with Crippen molar-refractivity contribution in [2.75, 3.05) is 0 Å². The van der Waals surface area contributed by atoms with Crippen LogP contribution in [0.3, 0.4) is 0 Å². The molecule has 0 unspecified atom stereocenters. The molecule has 3 rings (SSSR count). The van der Waals surface area contributed by atoms with E-state index in [4.69, 9.17) is 0 Å². The molecular weight excluding hydrogens is 368 g/mol. The lowest BCUT2D eigenvalue weighted by atomic mass is 10.2. The van der Waals surface area contributed by atoms with Crippen LogP contribution in [0, 0.1) is 0 Å². The van der Waals surface area contributed by atoms with Gasteiger partial charge in [0.2, 0.25) is 11.7 Å². The van der Waals surface area contributed by atoms with Crippen molar-refractivity contribution in [2.45, 2.75) is 25.4 Å². The van der Waals surface area contributed by atoms with Gasteiger partial charge in [-0.15, -0.1) is 10.2 Å². The van der Waals surface area contributed by atoms with Crippen molar-refractivity contribution in [2.24, 2.45) is 0 Å². The van der Waals surface area contributed by atoms with E-state index in [0.29, 0.717) is 0 Å². The summed E-state index contributed by atoms with van der Waals surface area (Å²) in [7, 11) is 0. The summed E-state index contributed by atoms with van der Waals surface area (Å²) in [5.74, 6) is -1.50. The van der Waals surface area contributed by atoms with Crippen molar-refractivity contribution in [3.05, 3.63) is 36.5 Å². The molecule has 6 nitrogen and oxygen atoms in total. The maximum atomic E-state index is 12.9. The summed E-state index contributed by atoms with van der Waals surface area (Å²) in [6, 6.07) is 2.50. The molecule has 0 aliphatic rings. The predicted octanol–water partition coefficient (Wildman–Crippen LogP) is 3.53. The summed E-state index contributed by atoms with van der Waals surface area (Å²) in [6.45, 7) is 0.829. The fraction of sp³-hybridized carbons (Fsp3) is 0.286. The van der Waals surface area contributed by atoms with Crippen LogP contribution in [0.15, 0.2) is 30.7 Å². The number of hydrogen-bond acceptors (Lipinski definition) is 5. The van der Waals surface area contributed by atoms with Crippen LogP contribution in [0.1, 0.15) is 12.7 Å². The fourth-order valence-corrected chi connectivity index (χ4v) is 1.99. The minimum absolute atomic E-state index is 0.103. The molecule has 0 amide bonds. The number of rotatable bonds is 3. The summed E-state index contributed by atoms with van der Waals surface area (Å²) in [6.07, 6.45) is -8.01.